The van der Waals surface area contributed by atoms with Crippen LogP contribution in [-0.4, -0.2) is 35.4 Å². The monoisotopic (exact) mass is 566 g/mol. The fourth-order valence-electron chi connectivity index (χ4n) is 4.95. The van der Waals surface area contributed by atoms with Crippen LogP contribution in [0.15, 0.2) is 72.8 Å². The predicted octanol–water partition coefficient (Wildman–Crippen LogP) is 7.16. The molecule has 1 N–H and O–H groups in total. The van der Waals surface area contributed by atoms with E-state index in [1.165, 1.54) is 0 Å². The summed E-state index contributed by atoms with van der Waals surface area (Å²) in [7, 11) is 0. The van der Waals surface area contributed by atoms with Gasteiger partial charge in [-0.15, -0.1) is 0 Å². The molecular formula is C32H36Cl2N2O3. The minimum Gasteiger partial charge on any atom is -0.494 e. The zero-order valence-electron chi connectivity index (χ0n) is 22.4. The van der Waals surface area contributed by atoms with Gasteiger partial charge in [0.1, 0.15) is 11.8 Å². The van der Waals surface area contributed by atoms with Crippen molar-refractivity contribution in [2.75, 3.05) is 6.61 Å². The minimum atomic E-state index is -0.676. The van der Waals surface area contributed by atoms with E-state index in [1.54, 1.807) is 17.0 Å². The fraction of sp³-hybridized carbons (Fsp3) is 0.375. The van der Waals surface area contributed by atoms with Crippen molar-refractivity contribution in [1.82, 2.24) is 10.2 Å². The summed E-state index contributed by atoms with van der Waals surface area (Å²) in [5.41, 5.74) is 2.90. The molecule has 4 rings (SSSR count). The number of carbonyl (C=O) groups excluding carboxylic acids is 2. The molecule has 1 aliphatic rings. The number of nitrogens with zero attached hydrogens (tertiary/aromatic N) is 1. The van der Waals surface area contributed by atoms with Crippen LogP contribution in [0, 0.1) is 6.92 Å². The van der Waals surface area contributed by atoms with Crippen LogP contribution in [0.25, 0.3) is 0 Å². The van der Waals surface area contributed by atoms with E-state index in [1.807, 2.05) is 67.6 Å². The second kappa shape index (κ2) is 14.4. The molecule has 0 spiro atoms. The van der Waals surface area contributed by atoms with Gasteiger partial charge in [0.05, 0.1) is 6.61 Å². The lowest BCUT2D eigenvalue weighted by atomic mass is 10.0. The Labute approximate surface area is 241 Å². The maximum Gasteiger partial charge on any atom is 0.243 e. The fourth-order valence-corrected chi connectivity index (χ4v) is 5.41. The molecule has 1 aliphatic carbocycles. The summed E-state index contributed by atoms with van der Waals surface area (Å²) in [4.78, 5) is 29.2. The number of hydrogen-bond donors (Lipinski definition) is 1. The minimum absolute atomic E-state index is 0.115. The third-order valence-corrected chi connectivity index (χ3v) is 7.74. The standard InChI is InChI=1S/C32H36Cl2N2O3/c1-23-13-17-28(18-14-23)39-19-7-12-31(37)36(22-25-15-16-26(33)21-29(25)34)30(20-24-8-3-2-4-9-24)32(38)35-27-10-5-6-11-27/h2-4,8-9,13-18,21,27,30H,5-7,10-12,19-20,22H2,1H3,(H,35,38)/t30-/m0/s1. The summed E-state index contributed by atoms with van der Waals surface area (Å²) >= 11 is 12.7. The van der Waals surface area contributed by atoms with Crippen LogP contribution in [0.4, 0.5) is 0 Å². The number of benzene rings is 3. The van der Waals surface area contributed by atoms with Crippen molar-refractivity contribution >= 4 is 35.0 Å². The maximum absolute atomic E-state index is 13.8. The van der Waals surface area contributed by atoms with Gasteiger partial charge in [0.2, 0.25) is 11.8 Å². The summed E-state index contributed by atoms with van der Waals surface area (Å²) < 4.78 is 5.85. The molecule has 0 radical (unpaired) electrons. The molecule has 39 heavy (non-hydrogen) atoms. The average molecular weight is 568 g/mol. The van der Waals surface area contributed by atoms with Crippen LogP contribution in [-0.2, 0) is 22.6 Å². The zero-order chi connectivity index (χ0) is 27.6. The summed E-state index contributed by atoms with van der Waals surface area (Å²) in [6.45, 7) is 2.64. The van der Waals surface area contributed by atoms with Gasteiger partial charge in [-0.2, -0.15) is 0 Å². The largest absolute Gasteiger partial charge is 0.494 e. The molecule has 0 aliphatic heterocycles. The third kappa shape index (κ3) is 8.74. The van der Waals surface area contributed by atoms with Crippen molar-refractivity contribution in [3.8, 4) is 5.75 Å². The van der Waals surface area contributed by atoms with Crippen molar-refractivity contribution in [3.05, 3.63) is 99.5 Å². The Morgan fingerprint density at radius 1 is 1.00 bits per heavy atom. The Morgan fingerprint density at radius 2 is 1.72 bits per heavy atom. The van der Waals surface area contributed by atoms with E-state index in [2.05, 4.69) is 5.32 Å². The summed E-state index contributed by atoms with van der Waals surface area (Å²) in [6, 6.07) is 22.4. The molecule has 5 nitrogen and oxygen atoms in total. The first-order valence-corrected chi connectivity index (χ1v) is 14.4. The summed E-state index contributed by atoms with van der Waals surface area (Å²) in [5.74, 6) is 0.534. The number of halogens is 2. The van der Waals surface area contributed by atoms with E-state index in [9.17, 15) is 9.59 Å². The number of hydrogen-bond acceptors (Lipinski definition) is 3. The number of amides is 2. The highest BCUT2D eigenvalue weighted by Crippen LogP contribution is 2.25. The van der Waals surface area contributed by atoms with Gasteiger partial charge in [0, 0.05) is 35.5 Å². The molecule has 0 aromatic heterocycles. The predicted molar refractivity (Wildman–Crippen MR) is 157 cm³/mol. The highest BCUT2D eigenvalue weighted by molar-refractivity contribution is 6.35. The van der Waals surface area contributed by atoms with Crippen LogP contribution in [0.5, 0.6) is 5.75 Å². The first kappa shape index (κ1) is 29.0. The van der Waals surface area contributed by atoms with Crippen molar-refractivity contribution in [2.45, 2.75) is 70.5 Å². The van der Waals surface area contributed by atoms with Gasteiger partial charge in [0.15, 0.2) is 0 Å². The molecule has 2 amide bonds. The van der Waals surface area contributed by atoms with Crippen LogP contribution >= 0.6 is 23.2 Å². The first-order valence-electron chi connectivity index (χ1n) is 13.7. The molecule has 0 heterocycles. The van der Waals surface area contributed by atoms with Gasteiger partial charge in [0.25, 0.3) is 0 Å². The Morgan fingerprint density at radius 3 is 2.41 bits per heavy atom. The first-order chi connectivity index (χ1) is 18.9. The maximum atomic E-state index is 13.8. The highest BCUT2D eigenvalue weighted by Gasteiger charge is 2.32. The Balaban J connectivity index is 1.54. The average Bonchev–Trinajstić information content (AvgIpc) is 3.44. The van der Waals surface area contributed by atoms with Crippen LogP contribution in [0.3, 0.4) is 0 Å². The van der Waals surface area contributed by atoms with Crippen LogP contribution < -0.4 is 10.1 Å². The van der Waals surface area contributed by atoms with E-state index >= 15 is 0 Å². The van der Waals surface area contributed by atoms with Gasteiger partial charge < -0.3 is 15.0 Å². The number of ether oxygens (including phenoxy) is 1. The topological polar surface area (TPSA) is 58.6 Å². The number of nitrogens with one attached hydrogen (secondary N) is 1. The number of rotatable bonds is 12. The lowest BCUT2D eigenvalue weighted by Gasteiger charge is -2.32. The van der Waals surface area contributed by atoms with Gasteiger partial charge in [-0.1, -0.05) is 90.1 Å². The molecule has 0 saturated heterocycles. The normalized spacial score (nSPS) is 14.1. The molecular weight excluding hydrogens is 531 g/mol. The third-order valence-electron chi connectivity index (χ3n) is 7.15. The molecule has 3 aromatic rings. The Kier molecular flexibility index (Phi) is 10.7. The molecule has 1 saturated carbocycles. The molecule has 0 unspecified atom stereocenters. The summed E-state index contributed by atoms with van der Waals surface area (Å²) in [5, 5.41) is 4.22. The lowest BCUT2D eigenvalue weighted by molar-refractivity contribution is -0.141. The lowest BCUT2D eigenvalue weighted by Crippen LogP contribution is -2.52. The van der Waals surface area contributed by atoms with Gasteiger partial charge in [-0.25, -0.2) is 0 Å². The Bertz CT molecular complexity index is 1230. The second-order valence-electron chi connectivity index (χ2n) is 10.2. The molecule has 0 bridgehead atoms. The second-order valence-corrected chi connectivity index (χ2v) is 11.1. The van der Waals surface area contributed by atoms with E-state index in [-0.39, 0.29) is 30.8 Å². The van der Waals surface area contributed by atoms with Crippen LogP contribution in [0.2, 0.25) is 10.0 Å². The summed E-state index contributed by atoms with van der Waals surface area (Å²) in [6.07, 6.45) is 5.35. The number of carbonyl (C=O) groups is 2. The van der Waals surface area contributed by atoms with Crippen molar-refractivity contribution < 1.29 is 14.3 Å². The van der Waals surface area contributed by atoms with Gasteiger partial charge >= 0.3 is 0 Å². The van der Waals surface area contributed by atoms with E-state index in [0.717, 1.165) is 48.1 Å². The van der Waals surface area contributed by atoms with E-state index < -0.39 is 6.04 Å². The smallest absolute Gasteiger partial charge is 0.243 e. The SMILES string of the molecule is Cc1ccc(OCCCC(=O)N(Cc2ccc(Cl)cc2Cl)[C@@H](Cc2ccccc2)C(=O)NC2CCCC2)cc1. The molecule has 1 atom stereocenters. The van der Waals surface area contributed by atoms with Gasteiger partial charge in [-0.05, 0) is 61.6 Å². The Hall–Kier alpha value is -3.02. The molecule has 7 heteroatoms. The van der Waals surface area contributed by atoms with Crippen LogP contribution in [0.1, 0.15) is 55.2 Å². The van der Waals surface area contributed by atoms with E-state index in [0.29, 0.717) is 29.5 Å². The van der Waals surface area contributed by atoms with Crippen molar-refractivity contribution in [2.24, 2.45) is 0 Å². The van der Waals surface area contributed by atoms with Gasteiger partial charge in [-0.3, -0.25) is 9.59 Å². The number of aryl methyl sites for hydroxylation is 1. The molecule has 206 valence electrons. The molecule has 1 fully saturated rings. The van der Waals surface area contributed by atoms with E-state index in [4.69, 9.17) is 27.9 Å². The highest BCUT2D eigenvalue weighted by atomic mass is 35.5. The molecule has 3 aromatic carbocycles. The zero-order valence-corrected chi connectivity index (χ0v) is 23.9. The quantitative estimate of drug-likeness (QED) is 0.236. The van der Waals surface area contributed by atoms with Crippen molar-refractivity contribution in [3.63, 3.8) is 0 Å². The van der Waals surface area contributed by atoms with Crippen molar-refractivity contribution in [1.29, 1.82) is 0 Å².